The lowest BCUT2D eigenvalue weighted by Crippen LogP contribution is -2.14. The number of nitrogens with zero attached hydrogens (tertiary/aromatic N) is 3. The van der Waals surface area contributed by atoms with Gasteiger partial charge < -0.3 is 14.6 Å². The Morgan fingerprint density at radius 1 is 1.19 bits per heavy atom. The predicted octanol–water partition coefficient (Wildman–Crippen LogP) is 3.16. The molecule has 0 atom stereocenters. The number of carbonyl (C=O) groups is 1. The number of aromatic nitrogens is 2. The smallest absolute Gasteiger partial charge is 0.270 e. The van der Waals surface area contributed by atoms with E-state index in [1.807, 2.05) is 30.3 Å². The Morgan fingerprint density at radius 2 is 2.00 bits per heavy atom. The van der Waals surface area contributed by atoms with Crippen LogP contribution in [0.25, 0.3) is 11.5 Å². The Labute approximate surface area is 146 Å². The molecule has 9 heteroatoms. The fourth-order valence-corrected chi connectivity index (χ4v) is 1.94. The normalized spacial score (nSPS) is 10.8. The lowest BCUT2D eigenvalue weighted by molar-refractivity contribution is -0.110. The minimum atomic E-state index is -0.896. The highest BCUT2D eigenvalue weighted by Crippen LogP contribution is 2.17. The van der Waals surface area contributed by atoms with Crippen LogP contribution in [-0.2, 0) is 16.2 Å². The average Bonchev–Trinajstić information content (AvgIpc) is 3.11. The monoisotopic (exact) mass is 358 g/mol. The molecule has 0 aliphatic rings. The van der Waals surface area contributed by atoms with Crippen LogP contribution in [0.4, 0.5) is 14.5 Å². The van der Waals surface area contributed by atoms with Gasteiger partial charge in [0.05, 0.1) is 5.69 Å². The van der Waals surface area contributed by atoms with Crippen LogP contribution in [-0.4, -0.2) is 22.3 Å². The maximum atomic E-state index is 13.4. The zero-order valence-corrected chi connectivity index (χ0v) is 13.2. The van der Waals surface area contributed by atoms with E-state index in [4.69, 9.17) is 9.25 Å². The third kappa shape index (κ3) is 4.47. The Hall–Kier alpha value is -3.62. The SMILES string of the molecule is O=C(/C=N/OCc1nnc(-c2ccccc2)o1)Nc1ccc(F)cc1F. The van der Waals surface area contributed by atoms with E-state index in [1.165, 1.54) is 0 Å². The molecule has 7 nitrogen and oxygen atoms in total. The second-order valence-electron chi connectivity index (χ2n) is 4.99. The fraction of sp³-hybridized carbons (Fsp3) is 0.0588. The van der Waals surface area contributed by atoms with E-state index in [0.29, 0.717) is 12.0 Å². The first-order chi connectivity index (χ1) is 12.6. The second kappa shape index (κ2) is 7.97. The van der Waals surface area contributed by atoms with Gasteiger partial charge in [-0.15, -0.1) is 10.2 Å². The van der Waals surface area contributed by atoms with Gasteiger partial charge in [-0.05, 0) is 24.3 Å². The number of halogens is 2. The summed E-state index contributed by atoms with van der Waals surface area (Å²) in [5, 5.41) is 13.3. The lowest BCUT2D eigenvalue weighted by Gasteiger charge is -2.02. The van der Waals surface area contributed by atoms with Crippen molar-refractivity contribution in [2.75, 3.05) is 5.32 Å². The number of benzene rings is 2. The first-order valence-electron chi connectivity index (χ1n) is 7.41. The topological polar surface area (TPSA) is 89.6 Å². The van der Waals surface area contributed by atoms with Gasteiger partial charge in [-0.25, -0.2) is 8.78 Å². The van der Waals surface area contributed by atoms with Gasteiger partial charge in [-0.2, -0.15) is 0 Å². The molecule has 0 fully saturated rings. The van der Waals surface area contributed by atoms with Gasteiger partial charge in [0.15, 0.2) is 6.61 Å². The predicted molar refractivity (Wildman–Crippen MR) is 88.0 cm³/mol. The van der Waals surface area contributed by atoms with Crippen molar-refractivity contribution in [3.05, 3.63) is 66.1 Å². The highest BCUT2D eigenvalue weighted by Gasteiger charge is 2.09. The summed E-state index contributed by atoms with van der Waals surface area (Å²) in [5.74, 6) is -1.88. The molecule has 0 bridgehead atoms. The molecule has 0 unspecified atom stereocenters. The molecule has 0 radical (unpaired) electrons. The highest BCUT2D eigenvalue weighted by atomic mass is 19.1. The Bertz CT molecular complexity index is 929. The summed E-state index contributed by atoms with van der Waals surface area (Å²) in [4.78, 5) is 16.5. The Morgan fingerprint density at radius 3 is 2.77 bits per heavy atom. The van der Waals surface area contributed by atoms with Gasteiger partial charge in [0, 0.05) is 11.6 Å². The van der Waals surface area contributed by atoms with Crippen LogP contribution in [0.2, 0.25) is 0 Å². The van der Waals surface area contributed by atoms with E-state index < -0.39 is 17.5 Å². The van der Waals surface area contributed by atoms with E-state index in [-0.39, 0.29) is 18.2 Å². The third-order valence-corrected chi connectivity index (χ3v) is 3.11. The van der Waals surface area contributed by atoms with Crippen molar-refractivity contribution in [3.63, 3.8) is 0 Å². The van der Waals surface area contributed by atoms with Crippen LogP contribution >= 0.6 is 0 Å². The zero-order valence-electron chi connectivity index (χ0n) is 13.2. The quantitative estimate of drug-likeness (QED) is 0.540. The lowest BCUT2D eigenvalue weighted by atomic mass is 10.2. The number of amides is 1. The molecule has 1 amide bonds. The highest BCUT2D eigenvalue weighted by molar-refractivity contribution is 6.31. The van der Waals surface area contributed by atoms with Gasteiger partial charge in [-0.3, -0.25) is 4.79 Å². The number of hydrogen-bond acceptors (Lipinski definition) is 6. The van der Waals surface area contributed by atoms with Crippen LogP contribution in [0.15, 0.2) is 58.1 Å². The van der Waals surface area contributed by atoms with E-state index in [0.717, 1.165) is 23.9 Å². The Kier molecular flexibility index (Phi) is 5.28. The summed E-state index contributed by atoms with van der Waals surface area (Å²) < 4.78 is 31.6. The molecule has 1 aromatic heterocycles. The van der Waals surface area contributed by atoms with Crippen LogP contribution in [0, 0.1) is 11.6 Å². The van der Waals surface area contributed by atoms with Crippen molar-refractivity contribution < 1.29 is 22.8 Å². The van der Waals surface area contributed by atoms with Crippen molar-refractivity contribution in [2.24, 2.45) is 5.16 Å². The molecule has 26 heavy (non-hydrogen) atoms. The number of rotatable bonds is 6. The molecule has 3 aromatic rings. The van der Waals surface area contributed by atoms with Crippen molar-refractivity contribution in [1.82, 2.24) is 10.2 Å². The molecule has 0 aliphatic carbocycles. The van der Waals surface area contributed by atoms with Crippen molar-refractivity contribution >= 4 is 17.8 Å². The molecule has 0 saturated carbocycles. The second-order valence-corrected chi connectivity index (χ2v) is 4.99. The molecule has 0 saturated heterocycles. The zero-order chi connectivity index (χ0) is 18.4. The summed E-state index contributed by atoms with van der Waals surface area (Å²) in [5.41, 5.74) is 0.586. The van der Waals surface area contributed by atoms with Crippen LogP contribution in [0.1, 0.15) is 5.89 Å². The molecule has 1 N–H and O–H groups in total. The van der Waals surface area contributed by atoms with E-state index in [1.54, 1.807) is 0 Å². The van der Waals surface area contributed by atoms with E-state index >= 15 is 0 Å². The molecule has 132 valence electrons. The van der Waals surface area contributed by atoms with Gasteiger partial charge in [-0.1, -0.05) is 23.4 Å². The molecule has 0 spiro atoms. The van der Waals surface area contributed by atoms with Crippen LogP contribution < -0.4 is 5.32 Å². The summed E-state index contributed by atoms with van der Waals surface area (Å²) in [6.45, 7) is -0.144. The van der Waals surface area contributed by atoms with Crippen molar-refractivity contribution in [2.45, 2.75) is 6.61 Å². The number of nitrogens with one attached hydrogen (secondary N) is 1. The minimum Gasteiger partial charge on any atom is -0.417 e. The average molecular weight is 358 g/mol. The molecule has 2 aromatic carbocycles. The van der Waals surface area contributed by atoms with Crippen LogP contribution in [0.5, 0.6) is 0 Å². The molecule has 1 heterocycles. The molecule has 0 aliphatic heterocycles. The van der Waals surface area contributed by atoms with Crippen LogP contribution in [0.3, 0.4) is 0 Å². The van der Waals surface area contributed by atoms with Crippen molar-refractivity contribution in [3.8, 4) is 11.5 Å². The van der Waals surface area contributed by atoms with E-state index in [2.05, 4.69) is 20.7 Å². The van der Waals surface area contributed by atoms with Gasteiger partial charge in [0.25, 0.3) is 11.8 Å². The number of oxime groups is 1. The summed E-state index contributed by atoms with van der Waals surface area (Å²) in [6.07, 6.45) is 0.803. The fourth-order valence-electron chi connectivity index (χ4n) is 1.94. The standard InChI is InChI=1S/C17H12F2N4O3/c18-12-6-7-14(13(19)8-12)21-15(24)9-20-25-10-16-22-23-17(26-16)11-4-2-1-3-5-11/h1-9H,10H2,(H,21,24)/b20-9+. The molecular formula is C17H12F2N4O3. The van der Waals surface area contributed by atoms with Gasteiger partial charge >= 0.3 is 0 Å². The molecular weight excluding hydrogens is 346 g/mol. The van der Waals surface area contributed by atoms with E-state index in [9.17, 15) is 13.6 Å². The largest absolute Gasteiger partial charge is 0.417 e. The number of hydrogen-bond donors (Lipinski definition) is 1. The molecule has 3 rings (SSSR count). The van der Waals surface area contributed by atoms with Gasteiger partial charge in [0.2, 0.25) is 5.89 Å². The van der Waals surface area contributed by atoms with Crippen molar-refractivity contribution in [1.29, 1.82) is 0 Å². The maximum Gasteiger partial charge on any atom is 0.270 e. The summed E-state index contributed by atoms with van der Waals surface area (Å²) in [7, 11) is 0. The minimum absolute atomic E-state index is 0.144. The van der Waals surface area contributed by atoms with Gasteiger partial charge in [0.1, 0.15) is 17.8 Å². The maximum absolute atomic E-state index is 13.4. The third-order valence-electron chi connectivity index (χ3n) is 3.11. The Balaban J connectivity index is 1.50. The summed E-state index contributed by atoms with van der Waals surface area (Å²) in [6, 6.07) is 11.9. The number of anilines is 1. The summed E-state index contributed by atoms with van der Waals surface area (Å²) >= 11 is 0. The first-order valence-corrected chi connectivity index (χ1v) is 7.41. The first kappa shape index (κ1) is 17.2. The number of carbonyl (C=O) groups excluding carboxylic acids is 1.